The molecule has 0 saturated heterocycles. The van der Waals surface area contributed by atoms with Crippen LogP contribution in [0.4, 0.5) is 17.1 Å². The van der Waals surface area contributed by atoms with E-state index in [0.29, 0.717) is 0 Å². The van der Waals surface area contributed by atoms with Crippen molar-refractivity contribution in [3.05, 3.63) is 211 Å². The van der Waals surface area contributed by atoms with Gasteiger partial charge in [0, 0.05) is 27.6 Å². The number of furan rings is 1. The molecule has 1 aliphatic rings. The Balaban J connectivity index is 1.08. The molecule has 11 rings (SSSR count). The number of para-hydroxylation sites is 2. The predicted octanol–water partition coefficient (Wildman–Crippen LogP) is 15.5. The Hall–Kier alpha value is -7.16. The van der Waals surface area contributed by atoms with E-state index in [1.807, 2.05) is 6.07 Å². The molecule has 0 atom stereocenters. The first-order valence-electron chi connectivity index (χ1n) is 19.8. The Labute approximate surface area is 332 Å². The minimum atomic E-state index is -0.226. The van der Waals surface area contributed by atoms with Gasteiger partial charge in [0.2, 0.25) is 0 Å². The fraction of sp³-hybridized carbons (Fsp3) is 0.0545. The van der Waals surface area contributed by atoms with Crippen LogP contribution < -0.4 is 4.90 Å². The smallest absolute Gasteiger partial charge is 0.159 e. The lowest BCUT2D eigenvalue weighted by Gasteiger charge is -2.38. The van der Waals surface area contributed by atoms with E-state index in [1.165, 1.54) is 66.4 Å². The summed E-state index contributed by atoms with van der Waals surface area (Å²) in [5, 5.41) is 4.87. The SMILES string of the molecule is CC1(C)c2c(-c3ccc(N(c4ccc(-c5ccccc5)cc4)c4cccc5c4oc4ccccc45)cc3)cccc2-c2c(-c3ccccc3)ccc3cccc1c23. The predicted molar refractivity (Wildman–Crippen MR) is 240 cm³/mol. The van der Waals surface area contributed by atoms with E-state index in [0.717, 1.165) is 39.0 Å². The van der Waals surface area contributed by atoms with Crippen molar-refractivity contribution in [2.24, 2.45) is 0 Å². The van der Waals surface area contributed by atoms with Crippen molar-refractivity contribution in [2.45, 2.75) is 19.3 Å². The fourth-order valence-corrected chi connectivity index (χ4v) is 9.41. The average molecular weight is 730 g/mol. The summed E-state index contributed by atoms with van der Waals surface area (Å²) in [5.74, 6) is 0. The number of nitrogens with zero attached hydrogens (tertiary/aromatic N) is 1. The summed E-state index contributed by atoms with van der Waals surface area (Å²) in [4.78, 5) is 2.33. The first kappa shape index (κ1) is 33.2. The van der Waals surface area contributed by atoms with Gasteiger partial charge in [0.15, 0.2) is 5.58 Å². The second-order valence-corrected chi connectivity index (χ2v) is 15.7. The number of hydrogen-bond acceptors (Lipinski definition) is 2. The summed E-state index contributed by atoms with van der Waals surface area (Å²) >= 11 is 0. The first-order valence-corrected chi connectivity index (χ1v) is 19.8. The number of anilines is 3. The zero-order chi connectivity index (χ0) is 38.1. The Morgan fingerprint density at radius 2 is 1.00 bits per heavy atom. The average Bonchev–Trinajstić information content (AvgIpc) is 3.66. The van der Waals surface area contributed by atoms with E-state index in [4.69, 9.17) is 4.42 Å². The third-order valence-corrected chi connectivity index (χ3v) is 12.1. The van der Waals surface area contributed by atoms with Crippen LogP contribution in [0.5, 0.6) is 0 Å². The number of benzene rings is 9. The summed E-state index contributed by atoms with van der Waals surface area (Å²) in [7, 11) is 0. The lowest BCUT2D eigenvalue weighted by atomic mass is 9.65. The molecule has 1 heterocycles. The van der Waals surface area contributed by atoms with Gasteiger partial charge in [-0.15, -0.1) is 0 Å². The molecule has 0 bridgehead atoms. The summed E-state index contributed by atoms with van der Waals surface area (Å²) < 4.78 is 6.63. The highest BCUT2D eigenvalue weighted by Gasteiger charge is 2.36. The molecule has 2 heteroatoms. The van der Waals surface area contributed by atoms with E-state index in [9.17, 15) is 0 Å². The maximum absolute atomic E-state index is 6.63. The van der Waals surface area contributed by atoms with Crippen LogP contribution >= 0.6 is 0 Å². The van der Waals surface area contributed by atoms with Crippen molar-refractivity contribution in [1.29, 1.82) is 0 Å². The number of rotatable bonds is 6. The fourth-order valence-electron chi connectivity index (χ4n) is 9.41. The van der Waals surface area contributed by atoms with Gasteiger partial charge in [0.25, 0.3) is 0 Å². The molecule has 1 aliphatic carbocycles. The van der Waals surface area contributed by atoms with Crippen molar-refractivity contribution in [3.63, 3.8) is 0 Å². The Morgan fingerprint density at radius 3 is 1.75 bits per heavy atom. The molecule has 2 nitrogen and oxygen atoms in total. The summed E-state index contributed by atoms with van der Waals surface area (Å²) in [6, 6.07) is 72.4. The summed E-state index contributed by atoms with van der Waals surface area (Å²) in [6.07, 6.45) is 0. The maximum atomic E-state index is 6.63. The maximum Gasteiger partial charge on any atom is 0.159 e. The van der Waals surface area contributed by atoms with Gasteiger partial charge < -0.3 is 9.32 Å². The van der Waals surface area contributed by atoms with Crippen LogP contribution in [-0.2, 0) is 5.41 Å². The monoisotopic (exact) mass is 729 g/mol. The van der Waals surface area contributed by atoms with Crippen molar-refractivity contribution in [2.75, 3.05) is 4.90 Å². The first-order chi connectivity index (χ1) is 28.0. The lowest BCUT2D eigenvalue weighted by Crippen LogP contribution is -2.25. The highest BCUT2D eigenvalue weighted by molar-refractivity contribution is 6.11. The molecular weight excluding hydrogens is 691 g/mol. The molecule has 0 saturated carbocycles. The molecule has 0 aliphatic heterocycles. The molecular formula is C55H39NO. The van der Waals surface area contributed by atoms with Crippen molar-refractivity contribution in [3.8, 4) is 44.5 Å². The molecule has 9 aromatic carbocycles. The molecule has 270 valence electrons. The van der Waals surface area contributed by atoms with E-state index in [1.54, 1.807) is 0 Å². The van der Waals surface area contributed by atoms with Crippen LogP contribution in [0.2, 0.25) is 0 Å². The van der Waals surface area contributed by atoms with Crippen LogP contribution in [0.25, 0.3) is 77.2 Å². The minimum Gasteiger partial charge on any atom is -0.454 e. The third-order valence-electron chi connectivity index (χ3n) is 12.1. The minimum absolute atomic E-state index is 0.226. The Kier molecular flexibility index (Phi) is 7.55. The second kappa shape index (κ2) is 13.0. The van der Waals surface area contributed by atoms with Crippen molar-refractivity contribution < 1.29 is 4.42 Å². The van der Waals surface area contributed by atoms with Gasteiger partial charge in [-0.25, -0.2) is 0 Å². The van der Waals surface area contributed by atoms with Gasteiger partial charge >= 0.3 is 0 Å². The van der Waals surface area contributed by atoms with Gasteiger partial charge in [-0.1, -0.05) is 178 Å². The van der Waals surface area contributed by atoms with Crippen molar-refractivity contribution >= 4 is 49.8 Å². The molecule has 57 heavy (non-hydrogen) atoms. The van der Waals surface area contributed by atoms with Crippen LogP contribution in [0, 0.1) is 0 Å². The van der Waals surface area contributed by atoms with E-state index in [-0.39, 0.29) is 5.41 Å². The molecule has 0 N–H and O–H groups in total. The summed E-state index contributed by atoms with van der Waals surface area (Å²) in [5.41, 5.74) is 17.4. The molecule has 1 aromatic heterocycles. The normalized spacial score (nSPS) is 12.9. The van der Waals surface area contributed by atoms with Crippen molar-refractivity contribution in [1.82, 2.24) is 0 Å². The zero-order valence-corrected chi connectivity index (χ0v) is 31.9. The van der Waals surface area contributed by atoms with E-state index >= 15 is 0 Å². The van der Waals surface area contributed by atoms with Gasteiger partial charge in [0.1, 0.15) is 5.58 Å². The Morgan fingerprint density at radius 1 is 0.421 bits per heavy atom. The van der Waals surface area contributed by atoms with Gasteiger partial charge in [0.05, 0.1) is 5.69 Å². The molecule has 0 amide bonds. The van der Waals surface area contributed by atoms with Crippen LogP contribution in [0.3, 0.4) is 0 Å². The third kappa shape index (κ3) is 5.25. The van der Waals surface area contributed by atoms with E-state index in [2.05, 4.69) is 213 Å². The standard InChI is InChI=1S/C55H39NO/c1-55(2)48-23-11-18-40-30-35-43(38-16-7-4-8-17-38)52(51(40)48)47-22-12-20-44(53(47)55)39-28-33-42(34-29-39)56(41-31-26-37(27-32-41)36-14-5-3-6-15-36)49-24-13-21-46-45-19-9-10-25-50(45)57-54(46)49/h3-35H,1-2H3. The number of hydrogen-bond donors (Lipinski definition) is 0. The zero-order valence-electron chi connectivity index (χ0n) is 31.9. The molecule has 0 fully saturated rings. The summed E-state index contributed by atoms with van der Waals surface area (Å²) in [6.45, 7) is 4.79. The molecule has 0 spiro atoms. The highest BCUT2D eigenvalue weighted by Crippen LogP contribution is 2.54. The largest absolute Gasteiger partial charge is 0.454 e. The lowest BCUT2D eigenvalue weighted by molar-refractivity contribution is 0.647. The Bertz CT molecular complexity index is 3120. The van der Waals surface area contributed by atoms with Gasteiger partial charge in [-0.05, 0) is 103 Å². The molecule has 10 aromatic rings. The van der Waals surface area contributed by atoms with Crippen LogP contribution in [0.15, 0.2) is 205 Å². The van der Waals surface area contributed by atoms with Crippen LogP contribution in [-0.4, -0.2) is 0 Å². The molecule has 0 unspecified atom stereocenters. The second-order valence-electron chi connectivity index (χ2n) is 15.7. The van der Waals surface area contributed by atoms with E-state index < -0.39 is 0 Å². The van der Waals surface area contributed by atoms with Gasteiger partial charge in [-0.3, -0.25) is 0 Å². The highest BCUT2D eigenvalue weighted by atomic mass is 16.3. The quantitative estimate of drug-likeness (QED) is 0.169. The number of fused-ring (bicyclic) bond motifs is 5. The molecule has 0 radical (unpaired) electrons. The van der Waals surface area contributed by atoms with Crippen LogP contribution in [0.1, 0.15) is 25.0 Å². The topological polar surface area (TPSA) is 16.4 Å². The van der Waals surface area contributed by atoms with Gasteiger partial charge in [-0.2, -0.15) is 0 Å².